The van der Waals surface area contributed by atoms with Crippen molar-refractivity contribution in [3.05, 3.63) is 0 Å². The average Bonchev–Trinajstić information content (AvgIpc) is 2.27. The van der Waals surface area contributed by atoms with Gasteiger partial charge in [0.15, 0.2) is 0 Å². The Bertz CT molecular complexity index is 179. The fourth-order valence-electron chi connectivity index (χ4n) is 2.99. The maximum absolute atomic E-state index is 8.99. The van der Waals surface area contributed by atoms with Crippen molar-refractivity contribution < 1.29 is 10.2 Å². The second-order valence-corrected chi connectivity index (χ2v) is 6.32. The molecule has 0 radical (unpaired) electrons. The Labute approximate surface area is 100 Å². The van der Waals surface area contributed by atoms with Crippen LogP contribution < -0.4 is 0 Å². The standard InChI is InChI=1S/C14H28O2/c1-13(2)7-9-14(10-8-13,5-3-11-15)6-4-12-16/h15-16H,3-12H2,1-2H3. The van der Waals surface area contributed by atoms with E-state index >= 15 is 0 Å². The molecule has 0 aromatic carbocycles. The molecule has 1 rings (SSSR count). The first kappa shape index (κ1) is 14.0. The molecule has 2 N–H and O–H groups in total. The second kappa shape index (κ2) is 6.02. The molecule has 1 aliphatic rings. The lowest BCUT2D eigenvalue weighted by molar-refractivity contribution is 0.0689. The number of aliphatic hydroxyl groups excluding tert-OH is 2. The minimum atomic E-state index is 0.310. The van der Waals surface area contributed by atoms with E-state index in [1.54, 1.807) is 0 Å². The van der Waals surface area contributed by atoms with E-state index in [0.717, 1.165) is 25.7 Å². The highest BCUT2D eigenvalue weighted by Gasteiger charge is 2.37. The number of hydrogen-bond donors (Lipinski definition) is 2. The van der Waals surface area contributed by atoms with Gasteiger partial charge in [0.1, 0.15) is 0 Å². The van der Waals surface area contributed by atoms with Gasteiger partial charge in [-0.3, -0.25) is 0 Å². The second-order valence-electron chi connectivity index (χ2n) is 6.32. The Morgan fingerprint density at radius 2 is 1.25 bits per heavy atom. The van der Waals surface area contributed by atoms with Crippen molar-refractivity contribution in [2.75, 3.05) is 13.2 Å². The summed E-state index contributed by atoms with van der Waals surface area (Å²) in [5.74, 6) is 0. The van der Waals surface area contributed by atoms with Gasteiger partial charge >= 0.3 is 0 Å². The van der Waals surface area contributed by atoms with E-state index in [1.165, 1.54) is 25.7 Å². The van der Waals surface area contributed by atoms with Crippen LogP contribution >= 0.6 is 0 Å². The van der Waals surface area contributed by atoms with Crippen LogP contribution in [0.5, 0.6) is 0 Å². The number of hydrogen-bond acceptors (Lipinski definition) is 2. The lowest BCUT2D eigenvalue weighted by Gasteiger charge is -2.44. The van der Waals surface area contributed by atoms with Gasteiger partial charge in [-0.2, -0.15) is 0 Å². The van der Waals surface area contributed by atoms with Crippen molar-refractivity contribution >= 4 is 0 Å². The van der Waals surface area contributed by atoms with Crippen molar-refractivity contribution in [3.8, 4) is 0 Å². The molecule has 1 saturated carbocycles. The molecule has 96 valence electrons. The molecule has 0 amide bonds. The number of aliphatic hydroxyl groups is 2. The average molecular weight is 228 g/mol. The van der Waals surface area contributed by atoms with Crippen molar-refractivity contribution in [2.24, 2.45) is 10.8 Å². The molecule has 2 heteroatoms. The van der Waals surface area contributed by atoms with E-state index < -0.39 is 0 Å². The summed E-state index contributed by atoms with van der Waals surface area (Å²) >= 11 is 0. The first-order chi connectivity index (χ1) is 7.54. The quantitative estimate of drug-likeness (QED) is 0.733. The third-order valence-corrected chi connectivity index (χ3v) is 4.39. The molecule has 1 aliphatic carbocycles. The Balaban J connectivity index is 2.51. The van der Waals surface area contributed by atoms with Crippen LogP contribution in [0.3, 0.4) is 0 Å². The molecule has 0 atom stereocenters. The zero-order valence-electron chi connectivity index (χ0n) is 11.0. The Morgan fingerprint density at radius 3 is 1.62 bits per heavy atom. The lowest BCUT2D eigenvalue weighted by Crippen LogP contribution is -2.31. The molecule has 2 nitrogen and oxygen atoms in total. The van der Waals surface area contributed by atoms with Gasteiger partial charge < -0.3 is 10.2 Å². The predicted molar refractivity (Wildman–Crippen MR) is 67.3 cm³/mol. The van der Waals surface area contributed by atoms with E-state index in [-0.39, 0.29) is 0 Å². The molecular formula is C14H28O2. The highest BCUT2D eigenvalue weighted by atomic mass is 16.3. The summed E-state index contributed by atoms with van der Waals surface area (Å²) in [6.45, 7) is 5.33. The number of rotatable bonds is 6. The summed E-state index contributed by atoms with van der Waals surface area (Å²) in [7, 11) is 0. The minimum Gasteiger partial charge on any atom is -0.396 e. The van der Waals surface area contributed by atoms with Gasteiger partial charge in [-0.25, -0.2) is 0 Å². The Kier molecular flexibility index (Phi) is 5.26. The smallest absolute Gasteiger partial charge is 0.0431 e. The summed E-state index contributed by atoms with van der Waals surface area (Å²) in [6.07, 6.45) is 9.27. The Morgan fingerprint density at radius 1 is 0.812 bits per heavy atom. The molecule has 1 fully saturated rings. The maximum Gasteiger partial charge on any atom is 0.0431 e. The summed E-state index contributed by atoms with van der Waals surface area (Å²) in [5, 5.41) is 18.0. The van der Waals surface area contributed by atoms with Crippen LogP contribution in [0.25, 0.3) is 0 Å². The van der Waals surface area contributed by atoms with Crippen LogP contribution in [-0.2, 0) is 0 Å². The van der Waals surface area contributed by atoms with Crippen LogP contribution in [0.15, 0.2) is 0 Å². The van der Waals surface area contributed by atoms with Gasteiger partial charge in [0.25, 0.3) is 0 Å². The summed E-state index contributed by atoms with van der Waals surface area (Å²) in [6, 6.07) is 0. The molecule has 0 aliphatic heterocycles. The van der Waals surface area contributed by atoms with Crippen molar-refractivity contribution in [3.63, 3.8) is 0 Å². The van der Waals surface area contributed by atoms with Crippen LogP contribution in [-0.4, -0.2) is 23.4 Å². The third-order valence-electron chi connectivity index (χ3n) is 4.39. The Hall–Kier alpha value is -0.0800. The van der Waals surface area contributed by atoms with E-state index in [2.05, 4.69) is 13.8 Å². The van der Waals surface area contributed by atoms with Crippen molar-refractivity contribution in [1.29, 1.82) is 0 Å². The van der Waals surface area contributed by atoms with Gasteiger partial charge in [0.05, 0.1) is 0 Å². The molecule has 0 saturated heterocycles. The van der Waals surface area contributed by atoms with Crippen LogP contribution in [0.1, 0.15) is 65.2 Å². The van der Waals surface area contributed by atoms with E-state index in [1.807, 2.05) is 0 Å². The molecule has 0 spiro atoms. The molecule has 0 aromatic heterocycles. The van der Waals surface area contributed by atoms with Crippen LogP contribution in [0, 0.1) is 10.8 Å². The summed E-state index contributed by atoms with van der Waals surface area (Å²) in [5.41, 5.74) is 0.920. The topological polar surface area (TPSA) is 40.5 Å². The van der Waals surface area contributed by atoms with Crippen molar-refractivity contribution in [1.82, 2.24) is 0 Å². The third kappa shape index (κ3) is 4.06. The summed E-state index contributed by atoms with van der Waals surface area (Å²) in [4.78, 5) is 0. The minimum absolute atomic E-state index is 0.310. The van der Waals surface area contributed by atoms with Gasteiger partial charge in [-0.1, -0.05) is 13.8 Å². The SMILES string of the molecule is CC1(C)CCC(CCCO)(CCCO)CC1. The van der Waals surface area contributed by atoms with Crippen LogP contribution in [0.4, 0.5) is 0 Å². The van der Waals surface area contributed by atoms with Crippen molar-refractivity contribution in [2.45, 2.75) is 65.2 Å². The monoisotopic (exact) mass is 228 g/mol. The first-order valence-corrected chi connectivity index (χ1v) is 6.75. The molecule has 0 aromatic rings. The van der Waals surface area contributed by atoms with Crippen LogP contribution in [0.2, 0.25) is 0 Å². The molecule has 16 heavy (non-hydrogen) atoms. The molecule has 0 heterocycles. The van der Waals surface area contributed by atoms with E-state index in [0.29, 0.717) is 24.0 Å². The van der Waals surface area contributed by atoms with Gasteiger partial charge in [-0.15, -0.1) is 0 Å². The van der Waals surface area contributed by atoms with Gasteiger partial charge in [-0.05, 0) is 62.2 Å². The predicted octanol–water partition coefficient (Wildman–Crippen LogP) is 3.12. The van der Waals surface area contributed by atoms with E-state index in [9.17, 15) is 0 Å². The zero-order chi connectivity index (χ0) is 12.1. The first-order valence-electron chi connectivity index (χ1n) is 6.75. The highest BCUT2D eigenvalue weighted by molar-refractivity contribution is 4.88. The molecular weight excluding hydrogens is 200 g/mol. The normalized spacial score (nSPS) is 23.2. The lowest BCUT2D eigenvalue weighted by atomic mass is 9.62. The zero-order valence-corrected chi connectivity index (χ0v) is 11.0. The van der Waals surface area contributed by atoms with E-state index in [4.69, 9.17) is 10.2 Å². The maximum atomic E-state index is 8.99. The van der Waals surface area contributed by atoms with Gasteiger partial charge in [0.2, 0.25) is 0 Å². The fraction of sp³-hybridized carbons (Fsp3) is 1.00. The largest absolute Gasteiger partial charge is 0.396 e. The fourth-order valence-corrected chi connectivity index (χ4v) is 2.99. The molecule has 0 bridgehead atoms. The highest BCUT2D eigenvalue weighted by Crippen LogP contribution is 2.49. The summed E-state index contributed by atoms with van der Waals surface area (Å²) < 4.78 is 0. The molecule has 0 unspecified atom stereocenters. The van der Waals surface area contributed by atoms with Gasteiger partial charge in [0, 0.05) is 13.2 Å².